The van der Waals surface area contributed by atoms with Gasteiger partial charge in [-0.05, 0) is 42.8 Å². The molecule has 0 aliphatic carbocycles. The molecule has 0 fully saturated rings. The van der Waals surface area contributed by atoms with Gasteiger partial charge >= 0.3 is 0 Å². The molecule has 0 spiro atoms. The molecule has 1 heterocycles. The van der Waals surface area contributed by atoms with Crippen LogP contribution >= 0.6 is 15.9 Å². The van der Waals surface area contributed by atoms with Crippen LogP contribution in [0.1, 0.15) is 23.9 Å². The van der Waals surface area contributed by atoms with Gasteiger partial charge in [0, 0.05) is 10.0 Å². The van der Waals surface area contributed by atoms with E-state index >= 15 is 0 Å². The zero-order valence-corrected chi connectivity index (χ0v) is 18.7. The second-order valence-corrected chi connectivity index (χ2v) is 7.84. The van der Waals surface area contributed by atoms with Crippen molar-refractivity contribution in [3.63, 3.8) is 0 Å². The average Bonchev–Trinajstić information content (AvgIpc) is 2.81. The Hall–Kier alpha value is -3.78. The molecule has 160 valence electrons. The maximum Gasteiger partial charge on any atom is 0.282 e. The summed E-state index contributed by atoms with van der Waals surface area (Å²) in [7, 11) is 0. The Balaban J connectivity index is 1.70. The molecule has 3 aromatic carbocycles. The molecule has 32 heavy (non-hydrogen) atoms. The predicted molar refractivity (Wildman–Crippen MR) is 128 cm³/mol. The minimum absolute atomic E-state index is 0.0413. The highest BCUT2D eigenvalue weighted by atomic mass is 79.9. The number of fused-ring (bicyclic) bond motifs is 1. The number of hydrogen-bond donors (Lipinski definition) is 1. The van der Waals surface area contributed by atoms with E-state index in [1.807, 2.05) is 43.3 Å². The number of halogens is 1. The maximum atomic E-state index is 13.1. The Morgan fingerprint density at radius 2 is 1.88 bits per heavy atom. The van der Waals surface area contributed by atoms with Gasteiger partial charge in [0.15, 0.2) is 12.4 Å². The quantitative estimate of drug-likeness (QED) is 0.313. The van der Waals surface area contributed by atoms with E-state index in [2.05, 4.69) is 31.2 Å². The summed E-state index contributed by atoms with van der Waals surface area (Å²) in [6.45, 7) is 1.77. The van der Waals surface area contributed by atoms with Crippen LogP contribution in [0.2, 0.25) is 0 Å². The third kappa shape index (κ3) is 4.76. The van der Waals surface area contributed by atoms with Gasteiger partial charge in [0.1, 0.15) is 5.75 Å². The van der Waals surface area contributed by atoms with Crippen molar-refractivity contribution in [1.82, 2.24) is 9.66 Å². The molecule has 0 saturated heterocycles. The number of hydrogen-bond acceptors (Lipinski definition) is 6. The van der Waals surface area contributed by atoms with Gasteiger partial charge in [0.05, 0.1) is 22.8 Å². The van der Waals surface area contributed by atoms with Gasteiger partial charge in [-0.15, -0.1) is 0 Å². The van der Waals surface area contributed by atoms with Gasteiger partial charge in [-0.25, -0.2) is 4.98 Å². The van der Waals surface area contributed by atoms with E-state index in [0.717, 1.165) is 14.7 Å². The lowest BCUT2D eigenvalue weighted by molar-refractivity contribution is 0.122. The highest BCUT2D eigenvalue weighted by molar-refractivity contribution is 9.10. The summed E-state index contributed by atoms with van der Waals surface area (Å²) in [5.41, 5.74) is 2.27. The average molecular weight is 491 g/mol. The lowest BCUT2D eigenvalue weighted by Gasteiger charge is -2.09. The van der Waals surface area contributed by atoms with E-state index in [1.54, 1.807) is 30.3 Å². The number of benzene rings is 3. The van der Waals surface area contributed by atoms with Crippen LogP contribution in [-0.2, 0) is 11.4 Å². The van der Waals surface area contributed by atoms with Gasteiger partial charge in [-0.1, -0.05) is 63.6 Å². The summed E-state index contributed by atoms with van der Waals surface area (Å²) in [5, 5.41) is 18.9. The third-order valence-electron chi connectivity index (χ3n) is 4.71. The van der Waals surface area contributed by atoms with Gasteiger partial charge < -0.3 is 9.94 Å². The molecular formula is C24H19BrN4O3. The lowest BCUT2D eigenvalue weighted by atomic mass is 10.1. The smallest absolute Gasteiger partial charge is 0.282 e. The Morgan fingerprint density at radius 1 is 1.12 bits per heavy atom. The van der Waals surface area contributed by atoms with Crippen molar-refractivity contribution in [2.75, 3.05) is 0 Å². The SMILES string of the molecule is C/C(=N\OCc1nc2ccccc2c(=O)n1/N=C/c1cc(Br)ccc1O)c1ccccc1. The fourth-order valence-corrected chi connectivity index (χ4v) is 3.43. The number of phenolic OH excluding ortho intramolecular Hbond substituents is 1. The molecule has 0 radical (unpaired) electrons. The molecule has 0 aliphatic rings. The zero-order valence-electron chi connectivity index (χ0n) is 17.1. The highest BCUT2D eigenvalue weighted by Gasteiger charge is 2.11. The first-order valence-electron chi connectivity index (χ1n) is 9.78. The molecule has 1 N–H and O–H groups in total. The molecule has 1 aromatic heterocycles. The number of para-hydroxylation sites is 1. The lowest BCUT2D eigenvalue weighted by Crippen LogP contribution is -2.22. The number of aromatic nitrogens is 2. The van der Waals surface area contributed by atoms with Gasteiger partial charge in [-0.3, -0.25) is 4.79 Å². The van der Waals surface area contributed by atoms with Crippen molar-refractivity contribution in [3.05, 3.63) is 105 Å². The zero-order chi connectivity index (χ0) is 22.5. The van der Waals surface area contributed by atoms with Gasteiger partial charge in [-0.2, -0.15) is 9.78 Å². The van der Waals surface area contributed by atoms with E-state index in [9.17, 15) is 9.90 Å². The highest BCUT2D eigenvalue weighted by Crippen LogP contribution is 2.20. The standard InChI is InChI=1S/C24H19BrN4O3/c1-16(17-7-3-2-4-8-17)28-32-15-23-27-21-10-6-5-9-20(21)24(31)29(23)26-14-18-13-19(25)11-12-22(18)30/h2-14,30H,15H2,1H3/b26-14+,28-16+. The number of aromatic hydroxyl groups is 1. The molecular weight excluding hydrogens is 472 g/mol. The number of nitrogens with zero attached hydrogens (tertiary/aromatic N) is 4. The van der Waals surface area contributed by atoms with Crippen molar-refractivity contribution >= 4 is 38.8 Å². The van der Waals surface area contributed by atoms with Crippen molar-refractivity contribution in [2.45, 2.75) is 13.5 Å². The van der Waals surface area contributed by atoms with Crippen molar-refractivity contribution in [1.29, 1.82) is 0 Å². The molecule has 7 nitrogen and oxygen atoms in total. The molecule has 0 bridgehead atoms. The molecule has 0 amide bonds. The fraction of sp³-hybridized carbons (Fsp3) is 0.0833. The fourth-order valence-electron chi connectivity index (χ4n) is 3.05. The molecule has 0 unspecified atom stereocenters. The van der Waals surface area contributed by atoms with Crippen LogP contribution in [0, 0.1) is 0 Å². The first-order chi connectivity index (χ1) is 15.5. The van der Waals surface area contributed by atoms with E-state index in [1.165, 1.54) is 12.3 Å². The molecule has 0 saturated carbocycles. The Bertz CT molecular complexity index is 1380. The molecule has 4 rings (SSSR count). The van der Waals surface area contributed by atoms with E-state index in [-0.39, 0.29) is 23.7 Å². The first kappa shape index (κ1) is 21.5. The van der Waals surface area contributed by atoms with Crippen LogP contribution in [0.25, 0.3) is 10.9 Å². The van der Waals surface area contributed by atoms with E-state index in [4.69, 9.17) is 4.84 Å². The largest absolute Gasteiger partial charge is 0.507 e. The summed E-state index contributed by atoms with van der Waals surface area (Å²) in [6.07, 6.45) is 1.40. The number of rotatable bonds is 6. The van der Waals surface area contributed by atoms with Crippen LogP contribution in [0.4, 0.5) is 0 Å². The third-order valence-corrected chi connectivity index (χ3v) is 5.20. The Labute approximate surface area is 192 Å². The minimum atomic E-state index is -0.344. The predicted octanol–water partition coefficient (Wildman–Crippen LogP) is 4.69. The van der Waals surface area contributed by atoms with E-state index < -0.39 is 0 Å². The van der Waals surface area contributed by atoms with Gasteiger partial charge in [0.2, 0.25) is 0 Å². The van der Waals surface area contributed by atoms with Crippen molar-refractivity contribution in [3.8, 4) is 5.75 Å². The van der Waals surface area contributed by atoms with Crippen LogP contribution in [-0.4, -0.2) is 26.7 Å². The van der Waals surface area contributed by atoms with Crippen LogP contribution in [0.3, 0.4) is 0 Å². The van der Waals surface area contributed by atoms with Crippen molar-refractivity contribution in [2.24, 2.45) is 10.3 Å². The van der Waals surface area contributed by atoms with Crippen LogP contribution in [0.15, 0.2) is 92.3 Å². The van der Waals surface area contributed by atoms with E-state index in [0.29, 0.717) is 22.2 Å². The second kappa shape index (κ2) is 9.57. The molecule has 0 aliphatic heterocycles. The van der Waals surface area contributed by atoms with Crippen LogP contribution in [0.5, 0.6) is 5.75 Å². The molecule has 0 atom stereocenters. The second-order valence-electron chi connectivity index (χ2n) is 6.93. The topological polar surface area (TPSA) is 89.1 Å². The van der Waals surface area contributed by atoms with Gasteiger partial charge in [0.25, 0.3) is 5.56 Å². The normalized spacial score (nSPS) is 11.9. The molecule has 4 aromatic rings. The summed E-state index contributed by atoms with van der Waals surface area (Å²) >= 11 is 3.36. The molecule has 8 heteroatoms. The van der Waals surface area contributed by atoms with Crippen LogP contribution < -0.4 is 5.56 Å². The first-order valence-corrected chi connectivity index (χ1v) is 10.6. The number of oxime groups is 1. The Morgan fingerprint density at radius 3 is 2.69 bits per heavy atom. The maximum absolute atomic E-state index is 13.1. The van der Waals surface area contributed by atoms with Crippen molar-refractivity contribution < 1.29 is 9.94 Å². The Kier molecular flexibility index (Phi) is 6.42. The number of phenols is 1. The minimum Gasteiger partial charge on any atom is -0.507 e. The monoisotopic (exact) mass is 490 g/mol. The summed E-state index contributed by atoms with van der Waals surface area (Å²) in [5.74, 6) is 0.323. The summed E-state index contributed by atoms with van der Waals surface area (Å²) in [4.78, 5) is 23.1. The summed E-state index contributed by atoms with van der Waals surface area (Å²) in [6, 6.07) is 21.6. The summed E-state index contributed by atoms with van der Waals surface area (Å²) < 4.78 is 1.94.